The van der Waals surface area contributed by atoms with Crippen LogP contribution in [-0.4, -0.2) is 35.7 Å². The second-order valence-corrected chi connectivity index (χ2v) is 6.15. The van der Waals surface area contributed by atoms with Crippen LogP contribution in [0.4, 0.5) is 5.69 Å². The van der Waals surface area contributed by atoms with E-state index in [1.165, 1.54) is 17.7 Å². The number of nitrogens with zero attached hydrogens (tertiary/aromatic N) is 1. The van der Waals surface area contributed by atoms with Crippen LogP contribution in [0.25, 0.3) is 0 Å². The highest BCUT2D eigenvalue weighted by Gasteiger charge is 2.29. The van der Waals surface area contributed by atoms with Gasteiger partial charge in [0.05, 0.1) is 13.1 Å². The zero-order valence-corrected chi connectivity index (χ0v) is 14.2. The second kappa shape index (κ2) is 8.26. The zero-order valence-electron chi connectivity index (χ0n) is 13.4. The number of carbonyl (C=O) groups is 3. The Balaban J connectivity index is 0.00000208. The number of para-hydroxylation sites is 1. The molecule has 1 aliphatic carbocycles. The number of likely N-dealkylation sites (tertiary alicyclic amines) is 1. The molecular formula is C17H22ClN3O3. The molecule has 6 nitrogen and oxygen atoms in total. The number of halogens is 1. The van der Waals surface area contributed by atoms with Gasteiger partial charge in [-0.15, -0.1) is 12.4 Å². The molecule has 1 aromatic rings. The summed E-state index contributed by atoms with van der Waals surface area (Å²) in [5.74, 6) is 0.309. The number of hydrogen-bond donors (Lipinski definition) is 2. The number of amides is 3. The van der Waals surface area contributed by atoms with Crippen LogP contribution in [-0.2, 0) is 20.9 Å². The lowest BCUT2D eigenvalue weighted by Gasteiger charge is -2.17. The molecule has 1 heterocycles. The van der Waals surface area contributed by atoms with E-state index in [1.54, 1.807) is 6.07 Å². The molecule has 2 aliphatic rings. The molecule has 2 fully saturated rings. The maximum atomic E-state index is 12.0. The van der Waals surface area contributed by atoms with Crippen molar-refractivity contribution in [3.8, 4) is 0 Å². The van der Waals surface area contributed by atoms with Gasteiger partial charge in [-0.1, -0.05) is 18.2 Å². The molecule has 130 valence electrons. The number of anilines is 1. The van der Waals surface area contributed by atoms with E-state index in [9.17, 15) is 14.4 Å². The fourth-order valence-electron chi connectivity index (χ4n) is 2.66. The van der Waals surface area contributed by atoms with Crippen LogP contribution in [0, 0.1) is 5.92 Å². The van der Waals surface area contributed by atoms with Gasteiger partial charge in [0.25, 0.3) is 0 Å². The van der Waals surface area contributed by atoms with E-state index in [0.717, 1.165) is 18.0 Å². The van der Waals surface area contributed by atoms with Crippen LogP contribution in [0.15, 0.2) is 24.3 Å². The third kappa shape index (κ3) is 4.79. The van der Waals surface area contributed by atoms with Crippen LogP contribution in [0.1, 0.15) is 31.2 Å². The van der Waals surface area contributed by atoms with Crippen LogP contribution < -0.4 is 10.6 Å². The molecule has 0 spiro atoms. The highest BCUT2D eigenvalue weighted by molar-refractivity contribution is 6.02. The van der Waals surface area contributed by atoms with E-state index in [0.29, 0.717) is 5.69 Å². The minimum absolute atomic E-state index is 0. The first-order valence-corrected chi connectivity index (χ1v) is 8.05. The molecule has 1 aromatic carbocycles. The number of benzene rings is 1. The topological polar surface area (TPSA) is 78.5 Å². The zero-order chi connectivity index (χ0) is 16.2. The molecular weight excluding hydrogens is 330 g/mol. The summed E-state index contributed by atoms with van der Waals surface area (Å²) < 4.78 is 0. The minimum Gasteiger partial charge on any atom is -0.325 e. The van der Waals surface area contributed by atoms with Crippen molar-refractivity contribution in [2.45, 2.75) is 32.2 Å². The first-order chi connectivity index (χ1) is 11.1. The summed E-state index contributed by atoms with van der Waals surface area (Å²) >= 11 is 0. The summed E-state index contributed by atoms with van der Waals surface area (Å²) in [6.45, 7) is 1.36. The number of imide groups is 1. The molecule has 0 bridgehead atoms. The summed E-state index contributed by atoms with van der Waals surface area (Å²) in [6.07, 6.45) is 3.04. The Labute approximate surface area is 147 Å². The van der Waals surface area contributed by atoms with Gasteiger partial charge in [-0.3, -0.25) is 19.3 Å². The van der Waals surface area contributed by atoms with Crippen molar-refractivity contribution in [1.82, 2.24) is 10.2 Å². The molecule has 7 heteroatoms. The summed E-state index contributed by atoms with van der Waals surface area (Å²) in [5.41, 5.74) is 1.42. The number of carbonyl (C=O) groups excluding carboxylic acids is 3. The van der Waals surface area contributed by atoms with Gasteiger partial charge in [0.15, 0.2) is 0 Å². The Morgan fingerprint density at radius 1 is 1.12 bits per heavy atom. The standard InChI is InChI=1S/C17H21N3O3.ClH/c21-15(10-18-9-12-5-6-12)19-14-4-2-1-3-13(14)11-20-16(22)7-8-17(20)23;/h1-4,12,18H,5-11H2,(H,19,21);1H. The summed E-state index contributed by atoms with van der Waals surface area (Å²) in [6, 6.07) is 7.27. The van der Waals surface area contributed by atoms with Gasteiger partial charge in [0.2, 0.25) is 17.7 Å². The van der Waals surface area contributed by atoms with Crippen LogP contribution in [0.5, 0.6) is 0 Å². The Morgan fingerprint density at radius 2 is 1.79 bits per heavy atom. The maximum Gasteiger partial charge on any atom is 0.238 e. The van der Waals surface area contributed by atoms with E-state index in [2.05, 4.69) is 10.6 Å². The van der Waals surface area contributed by atoms with Crippen molar-refractivity contribution in [2.75, 3.05) is 18.4 Å². The van der Waals surface area contributed by atoms with Crippen LogP contribution in [0.2, 0.25) is 0 Å². The summed E-state index contributed by atoms with van der Waals surface area (Å²) in [4.78, 5) is 36.8. The molecule has 1 saturated heterocycles. The van der Waals surface area contributed by atoms with Crippen molar-refractivity contribution >= 4 is 35.8 Å². The van der Waals surface area contributed by atoms with Gasteiger partial charge < -0.3 is 10.6 Å². The lowest BCUT2D eigenvalue weighted by atomic mass is 10.1. The number of rotatable bonds is 7. The van der Waals surface area contributed by atoms with E-state index < -0.39 is 0 Å². The monoisotopic (exact) mass is 351 g/mol. The Kier molecular flexibility index (Phi) is 6.34. The van der Waals surface area contributed by atoms with E-state index in [4.69, 9.17) is 0 Å². The van der Waals surface area contributed by atoms with Crippen LogP contribution in [0.3, 0.4) is 0 Å². The summed E-state index contributed by atoms with van der Waals surface area (Å²) in [5, 5.41) is 6.00. The predicted molar refractivity (Wildman–Crippen MR) is 92.7 cm³/mol. The van der Waals surface area contributed by atoms with Gasteiger partial charge >= 0.3 is 0 Å². The Hall–Kier alpha value is -1.92. The predicted octanol–water partition coefficient (Wildman–Crippen LogP) is 1.70. The SMILES string of the molecule is Cl.O=C(CNCC1CC1)Nc1ccccc1CN1C(=O)CCC1=O. The minimum atomic E-state index is -0.151. The number of nitrogens with one attached hydrogen (secondary N) is 2. The van der Waals surface area contributed by atoms with Crippen molar-refractivity contribution < 1.29 is 14.4 Å². The third-order valence-electron chi connectivity index (χ3n) is 4.19. The van der Waals surface area contributed by atoms with Crippen molar-refractivity contribution in [2.24, 2.45) is 5.92 Å². The molecule has 0 radical (unpaired) electrons. The fourth-order valence-corrected chi connectivity index (χ4v) is 2.66. The largest absolute Gasteiger partial charge is 0.325 e. The van der Waals surface area contributed by atoms with Crippen molar-refractivity contribution in [3.05, 3.63) is 29.8 Å². The van der Waals surface area contributed by atoms with Gasteiger partial charge in [0, 0.05) is 18.5 Å². The average molecular weight is 352 g/mol. The second-order valence-electron chi connectivity index (χ2n) is 6.15. The summed E-state index contributed by atoms with van der Waals surface area (Å²) in [7, 11) is 0. The molecule has 1 aliphatic heterocycles. The first-order valence-electron chi connectivity index (χ1n) is 8.05. The molecule has 0 aromatic heterocycles. The molecule has 0 atom stereocenters. The molecule has 0 unspecified atom stereocenters. The van der Waals surface area contributed by atoms with E-state index in [1.807, 2.05) is 18.2 Å². The lowest BCUT2D eigenvalue weighted by molar-refractivity contribution is -0.139. The van der Waals surface area contributed by atoms with Gasteiger partial charge in [-0.05, 0) is 36.9 Å². The molecule has 2 N–H and O–H groups in total. The highest BCUT2D eigenvalue weighted by atomic mass is 35.5. The normalized spacial score (nSPS) is 16.9. The molecule has 1 saturated carbocycles. The fraction of sp³-hybridized carbons (Fsp3) is 0.471. The number of hydrogen-bond acceptors (Lipinski definition) is 4. The van der Waals surface area contributed by atoms with Gasteiger partial charge in [0.1, 0.15) is 0 Å². The Morgan fingerprint density at radius 3 is 2.46 bits per heavy atom. The van der Waals surface area contributed by atoms with Crippen LogP contribution >= 0.6 is 12.4 Å². The lowest BCUT2D eigenvalue weighted by Crippen LogP contribution is -2.31. The van der Waals surface area contributed by atoms with Crippen molar-refractivity contribution in [1.29, 1.82) is 0 Å². The molecule has 3 amide bonds. The van der Waals surface area contributed by atoms with Gasteiger partial charge in [-0.2, -0.15) is 0 Å². The maximum absolute atomic E-state index is 12.0. The highest BCUT2D eigenvalue weighted by Crippen LogP contribution is 2.27. The van der Waals surface area contributed by atoms with Crippen molar-refractivity contribution in [3.63, 3.8) is 0 Å². The molecule has 24 heavy (non-hydrogen) atoms. The van der Waals surface area contributed by atoms with Gasteiger partial charge in [-0.25, -0.2) is 0 Å². The Bertz CT molecular complexity index is 615. The van der Waals surface area contributed by atoms with E-state index >= 15 is 0 Å². The molecule has 3 rings (SSSR count). The smallest absolute Gasteiger partial charge is 0.238 e. The third-order valence-corrected chi connectivity index (χ3v) is 4.19. The average Bonchev–Trinajstić information content (AvgIpc) is 3.30. The quantitative estimate of drug-likeness (QED) is 0.733. The van der Waals surface area contributed by atoms with E-state index in [-0.39, 0.29) is 56.1 Å². The first kappa shape index (κ1) is 18.4.